The Kier molecular flexibility index (Phi) is 3.50. The second-order valence-electron chi connectivity index (χ2n) is 5.53. The molecular formula is C14H22N2S. The molecule has 3 rings (SSSR count). The minimum atomic E-state index is 0.678. The molecule has 2 fully saturated rings. The summed E-state index contributed by atoms with van der Waals surface area (Å²) in [7, 11) is 2.31. The van der Waals surface area contributed by atoms with Crippen LogP contribution in [0.25, 0.3) is 0 Å². The zero-order valence-corrected chi connectivity index (χ0v) is 11.4. The third-order valence-corrected chi connectivity index (χ3v) is 4.99. The Morgan fingerprint density at radius 3 is 2.94 bits per heavy atom. The zero-order chi connectivity index (χ0) is 11.7. The predicted molar refractivity (Wildman–Crippen MR) is 73.4 cm³/mol. The third-order valence-electron chi connectivity index (χ3n) is 4.05. The monoisotopic (exact) mass is 250 g/mol. The van der Waals surface area contributed by atoms with Gasteiger partial charge < -0.3 is 5.32 Å². The van der Waals surface area contributed by atoms with Gasteiger partial charge in [-0.2, -0.15) is 0 Å². The van der Waals surface area contributed by atoms with E-state index in [1.165, 1.54) is 38.8 Å². The standard InChI is InChI=1S/C14H22N2S/c1-16(10-12-4-2-8-15-12)14(11-6-7-11)13-5-3-9-17-13/h3,5,9,11-12,14-15H,2,4,6-8,10H2,1H3. The van der Waals surface area contributed by atoms with Gasteiger partial charge in [0.2, 0.25) is 0 Å². The topological polar surface area (TPSA) is 15.3 Å². The van der Waals surface area contributed by atoms with E-state index in [1.807, 2.05) is 11.3 Å². The van der Waals surface area contributed by atoms with Gasteiger partial charge in [0, 0.05) is 23.5 Å². The summed E-state index contributed by atoms with van der Waals surface area (Å²) in [6.07, 6.45) is 5.55. The first-order valence-electron chi connectivity index (χ1n) is 6.81. The zero-order valence-electron chi connectivity index (χ0n) is 10.6. The van der Waals surface area contributed by atoms with Gasteiger partial charge in [-0.25, -0.2) is 0 Å². The molecule has 94 valence electrons. The molecule has 2 heterocycles. The molecular weight excluding hydrogens is 228 g/mol. The van der Waals surface area contributed by atoms with Crippen molar-refractivity contribution in [3.05, 3.63) is 22.4 Å². The van der Waals surface area contributed by atoms with Gasteiger partial charge in [0.25, 0.3) is 0 Å². The van der Waals surface area contributed by atoms with Crippen molar-refractivity contribution < 1.29 is 0 Å². The van der Waals surface area contributed by atoms with Crippen LogP contribution in [-0.2, 0) is 0 Å². The fraction of sp³-hybridized carbons (Fsp3) is 0.714. The normalized spacial score (nSPS) is 26.6. The van der Waals surface area contributed by atoms with Crippen LogP contribution >= 0.6 is 11.3 Å². The van der Waals surface area contributed by atoms with Gasteiger partial charge in [0.05, 0.1) is 0 Å². The maximum Gasteiger partial charge on any atom is 0.0467 e. The highest BCUT2D eigenvalue weighted by Gasteiger charge is 2.36. The Labute approximate surface area is 108 Å². The SMILES string of the molecule is CN(CC1CCCN1)C(c1cccs1)C1CC1. The fourth-order valence-electron chi connectivity index (χ4n) is 3.05. The van der Waals surface area contributed by atoms with E-state index in [9.17, 15) is 0 Å². The van der Waals surface area contributed by atoms with Crippen LogP contribution in [-0.4, -0.2) is 31.1 Å². The van der Waals surface area contributed by atoms with Gasteiger partial charge in [-0.15, -0.1) is 11.3 Å². The summed E-state index contributed by atoms with van der Waals surface area (Å²) in [5.41, 5.74) is 0. The molecule has 2 atom stereocenters. The van der Waals surface area contributed by atoms with Crippen molar-refractivity contribution in [2.45, 2.75) is 37.8 Å². The smallest absolute Gasteiger partial charge is 0.0467 e. The molecule has 0 aromatic carbocycles. The third kappa shape index (κ3) is 2.72. The quantitative estimate of drug-likeness (QED) is 0.864. The van der Waals surface area contributed by atoms with E-state index in [-0.39, 0.29) is 0 Å². The molecule has 1 saturated heterocycles. The molecule has 0 amide bonds. The molecule has 3 heteroatoms. The van der Waals surface area contributed by atoms with Gasteiger partial charge in [-0.1, -0.05) is 6.07 Å². The summed E-state index contributed by atoms with van der Waals surface area (Å²) >= 11 is 1.92. The lowest BCUT2D eigenvalue weighted by atomic mass is 10.1. The number of nitrogens with zero attached hydrogens (tertiary/aromatic N) is 1. The van der Waals surface area contributed by atoms with Gasteiger partial charge in [-0.05, 0) is 56.6 Å². The Morgan fingerprint density at radius 1 is 1.47 bits per heavy atom. The first-order chi connectivity index (χ1) is 8.34. The van der Waals surface area contributed by atoms with Crippen LogP contribution in [0.2, 0.25) is 0 Å². The Balaban J connectivity index is 1.66. The van der Waals surface area contributed by atoms with Crippen molar-refractivity contribution in [2.24, 2.45) is 5.92 Å². The largest absolute Gasteiger partial charge is 0.313 e. The van der Waals surface area contributed by atoms with Crippen molar-refractivity contribution in [1.29, 1.82) is 0 Å². The van der Waals surface area contributed by atoms with Crippen LogP contribution in [0.15, 0.2) is 17.5 Å². The maximum absolute atomic E-state index is 3.61. The summed E-state index contributed by atoms with van der Waals surface area (Å²) in [6, 6.07) is 5.90. The van der Waals surface area contributed by atoms with E-state index < -0.39 is 0 Å². The number of nitrogens with one attached hydrogen (secondary N) is 1. The van der Waals surface area contributed by atoms with Crippen molar-refractivity contribution in [3.8, 4) is 0 Å². The minimum Gasteiger partial charge on any atom is -0.313 e. The van der Waals surface area contributed by atoms with Gasteiger partial charge in [-0.3, -0.25) is 4.90 Å². The highest BCUT2D eigenvalue weighted by atomic mass is 32.1. The second-order valence-corrected chi connectivity index (χ2v) is 6.51. The lowest BCUT2D eigenvalue weighted by Crippen LogP contribution is -2.37. The van der Waals surface area contributed by atoms with Crippen molar-refractivity contribution in [3.63, 3.8) is 0 Å². The molecule has 0 radical (unpaired) electrons. The van der Waals surface area contributed by atoms with E-state index in [1.54, 1.807) is 4.88 Å². The Bertz CT molecular complexity index is 339. The van der Waals surface area contributed by atoms with E-state index >= 15 is 0 Å². The molecule has 1 aliphatic heterocycles. The molecule has 17 heavy (non-hydrogen) atoms. The van der Waals surface area contributed by atoms with E-state index in [0.29, 0.717) is 6.04 Å². The molecule has 1 aromatic rings. The second kappa shape index (κ2) is 5.09. The molecule has 0 bridgehead atoms. The number of rotatable bonds is 5. The van der Waals surface area contributed by atoms with Crippen molar-refractivity contribution in [1.82, 2.24) is 10.2 Å². The van der Waals surface area contributed by atoms with Crippen LogP contribution in [0, 0.1) is 5.92 Å². The Morgan fingerprint density at radius 2 is 2.35 bits per heavy atom. The van der Waals surface area contributed by atoms with Crippen LogP contribution in [0.3, 0.4) is 0 Å². The minimum absolute atomic E-state index is 0.678. The summed E-state index contributed by atoms with van der Waals surface area (Å²) in [5, 5.41) is 5.82. The average Bonchev–Trinajstić information content (AvgIpc) is 2.82. The van der Waals surface area contributed by atoms with E-state index in [2.05, 4.69) is 34.8 Å². The molecule has 2 unspecified atom stereocenters. The summed E-state index contributed by atoms with van der Waals surface area (Å²) in [6.45, 7) is 2.42. The predicted octanol–water partition coefficient (Wildman–Crippen LogP) is 2.88. The fourth-order valence-corrected chi connectivity index (χ4v) is 4.04. The summed E-state index contributed by atoms with van der Waals surface area (Å²) in [4.78, 5) is 4.15. The molecule has 2 nitrogen and oxygen atoms in total. The van der Waals surface area contributed by atoms with Crippen LogP contribution in [0.4, 0.5) is 0 Å². The van der Waals surface area contributed by atoms with Crippen molar-refractivity contribution in [2.75, 3.05) is 20.1 Å². The molecule has 0 spiro atoms. The van der Waals surface area contributed by atoms with Crippen LogP contribution in [0.5, 0.6) is 0 Å². The van der Waals surface area contributed by atoms with Gasteiger partial charge in [0.1, 0.15) is 0 Å². The summed E-state index contributed by atoms with van der Waals surface area (Å²) in [5.74, 6) is 0.917. The first-order valence-corrected chi connectivity index (χ1v) is 7.69. The average molecular weight is 250 g/mol. The molecule has 1 saturated carbocycles. The van der Waals surface area contributed by atoms with E-state index in [0.717, 1.165) is 12.0 Å². The number of hydrogen-bond acceptors (Lipinski definition) is 3. The molecule has 1 aromatic heterocycles. The molecule has 1 aliphatic carbocycles. The lowest BCUT2D eigenvalue weighted by molar-refractivity contribution is 0.206. The lowest BCUT2D eigenvalue weighted by Gasteiger charge is -2.29. The molecule has 1 N–H and O–H groups in total. The number of likely N-dealkylation sites (N-methyl/N-ethyl adjacent to an activating group) is 1. The van der Waals surface area contributed by atoms with Crippen LogP contribution in [0.1, 0.15) is 36.6 Å². The highest BCUT2D eigenvalue weighted by Crippen LogP contribution is 2.45. The van der Waals surface area contributed by atoms with Crippen LogP contribution < -0.4 is 5.32 Å². The van der Waals surface area contributed by atoms with Gasteiger partial charge in [0.15, 0.2) is 0 Å². The maximum atomic E-state index is 3.61. The molecule has 2 aliphatic rings. The van der Waals surface area contributed by atoms with E-state index in [4.69, 9.17) is 0 Å². The van der Waals surface area contributed by atoms with Gasteiger partial charge >= 0.3 is 0 Å². The van der Waals surface area contributed by atoms with Crippen molar-refractivity contribution >= 4 is 11.3 Å². The number of hydrogen-bond donors (Lipinski definition) is 1. The number of thiophene rings is 1. The summed E-state index contributed by atoms with van der Waals surface area (Å²) < 4.78 is 0. The first kappa shape index (κ1) is 11.7. The Hall–Kier alpha value is -0.380. The highest BCUT2D eigenvalue weighted by molar-refractivity contribution is 7.10.